The van der Waals surface area contributed by atoms with Gasteiger partial charge in [0.15, 0.2) is 0 Å². The zero-order valence-electron chi connectivity index (χ0n) is 14.4. The van der Waals surface area contributed by atoms with Gasteiger partial charge >= 0.3 is 0 Å². The van der Waals surface area contributed by atoms with Gasteiger partial charge in [-0.15, -0.1) is 0 Å². The molecule has 0 aliphatic rings. The molecule has 0 fully saturated rings. The topological polar surface area (TPSA) is 68.3 Å². The van der Waals surface area contributed by atoms with Crippen molar-refractivity contribution in [2.45, 2.75) is 46.6 Å². The molecule has 0 spiro atoms. The van der Waals surface area contributed by atoms with Crippen molar-refractivity contribution in [2.24, 2.45) is 11.7 Å². The smallest absolute Gasteiger partial charge is 0.251 e. The molecule has 0 radical (unpaired) electrons. The van der Waals surface area contributed by atoms with Crippen LogP contribution in [0.3, 0.4) is 0 Å². The Bertz CT molecular complexity index is 564. The van der Waals surface area contributed by atoms with Gasteiger partial charge in [0.05, 0.1) is 0 Å². The fourth-order valence-electron chi connectivity index (χ4n) is 2.47. The Morgan fingerprint density at radius 3 is 2.55 bits per heavy atom. The summed E-state index contributed by atoms with van der Waals surface area (Å²) in [6.07, 6.45) is 3.25. The van der Waals surface area contributed by atoms with Crippen molar-refractivity contribution in [1.82, 2.24) is 9.47 Å². The van der Waals surface area contributed by atoms with E-state index >= 15 is 0 Å². The van der Waals surface area contributed by atoms with Gasteiger partial charge in [-0.3, -0.25) is 9.59 Å². The van der Waals surface area contributed by atoms with Gasteiger partial charge in [-0.2, -0.15) is 0 Å². The van der Waals surface area contributed by atoms with Gasteiger partial charge in [0, 0.05) is 18.8 Å². The number of primary amides is 1. The van der Waals surface area contributed by atoms with E-state index in [0.717, 1.165) is 30.6 Å². The lowest BCUT2D eigenvalue weighted by Gasteiger charge is -2.21. The highest BCUT2D eigenvalue weighted by atomic mass is 16.2. The standard InChI is InChI=1S/C17H29N3O2/c1-6-19(5)8-7-14-11-20(16(21)10-13(14)4)15(17(18)22)9-12(2)3/h10-12,15H,6-9H2,1-5H3,(H2,18,22). The highest BCUT2D eigenvalue weighted by Gasteiger charge is 2.20. The quantitative estimate of drug-likeness (QED) is 0.795. The van der Waals surface area contributed by atoms with Crippen LogP contribution >= 0.6 is 0 Å². The lowest BCUT2D eigenvalue weighted by Crippen LogP contribution is -2.35. The molecule has 1 unspecified atom stereocenters. The molecule has 0 saturated carbocycles. The third kappa shape index (κ3) is 4.98. The van der Waals surface area contributed by atoms with Crippen LogP contribution in [0.4, 0.5) is 0 Å². The number of amides is 1. The van der Waals surface area contributed by atoms with Crippen LogP contribution in [0.5, 0.6) is 0 Å². The zero-order valence-corrected chi connectivity index (χ0v) is 14.4. The van der Waals surface area contributed by atoms with Gasteiger partial charge in [0.25, 0.3) is 5.56 Å². The third-order valence-electron chi connectivity index (χ3n) is 4.06. The number of carbonyl (C=O) groups excluding carboxylic acids is 1. The monoisotopic (exact) mass is 307 g/mol. The van der Waals surface area contributed by atoms with Gasteiger partial charge < -0.3 is 15.2 Å². The van der Waals surface area contributed by atoms with Crippen LogP contribution in [0.25, 0.3) is 0 Å². The number of pyridine rings is 1. The number of hydrogen-bond acceptors (Lipinski definition) is 3. The average molecular weight is 307 g/mol. The number of carbonyl (C=O) groups is 1. The van der Waals surface area contributed by atoms with E-state index in [4.69, 9.17) is 5.73 Å². The molecule has 5 nitrogen and oxygen atoms in total. The van der Waals surface area contributed by atoms with Crippen LogP contribution < -0.4 is 11.3 Å². The Morgan fingerprint density at radius 1 is 1.41 bits per heavy atom. The molecule has 124 valence electrons. The maximum absolute atomic E-state index is 12.3. The van der Waals surface area contributed by atoms with Crippen LogP contribution in [-0.2, 0) is 11.2 Å². The molecular weight excluding hydrogens is 278 g/mol. The molecule has 1 aromatic heterocycles. The van der Waals surface area contributed by atoms with Crippen molar-refractivity contribution < 1.29 is 4.79 Å². The predicted octanol–water partition coefficient (Wildman–Crippen LogP) is 1.72. The minimum Gasteiger partial charge on any atom is -0.368 e. The normalized spacial score (nSPS) is 12.9. The first-order chi connectivity index (χ1) is 10.3. The number of aryl methyl sites for hydroxylation is 1. The first-order valence-corrected chi connectivity index (χ1v) is 7.95. The molecule has 5 heteroatoms. The summed E-state index contributed by atoms with van der Waals surface area (Å²) in [5.41, 5.74) is 7.42. The molecule has 2 N–H and O–H groups in total. The summed E-state index contributed by atoms with van der Waals surface area (Å²) in [7, 11) is 2.07. The molecule has 0 aliphatic heterocycles. The molecule has 0 saturated heterocycles. The Morgan fingerprint density at radius 2 is 2.05 bits per heavy atom. The van der Waals surface area contributed by atoms with Crippen molar-refractivity contribution in [3.05, 3.63) is 33.7 Å². The maximum atomic E-state index is 12.3. The molecule has 0 aliphatic carbocycles. The van der Waals surface area contributed by atoms with Gasteiger partial charge in [-0.1, -0.05) is 20.8 Å². The summed E-state index contributed by atoms with van der Waals surface area (Å²) in [6, 6.07) is 1.04. The molecule has 1 aromatic rings. The average Bonchev–Trinajstić information content (AvgIpc) is 2.43. The second kappa shape index (κ2) is 8.13. The second-order valence-corrected chi connectivity index (χ2v) is 6.42. The fraction of sp³-hybridized carbons (Fsp3) is 0.647. The molecule has 0 bridgehead atoms. The molecule has 1 rings (SSSR count). The lowest BCUT2D eigenvalue weighted by molar-refractivity contribution is -0.121. The van der Waals surface area contributed by atoms with Crippen LogP contribution in [-0.4, -0.2) is 35.5 Å². The van der Waals surface area contributed by atoms with E-state index in [1.807, 2.05) is 27.0 Å². The Balaban J connectivity index is 3.13. The predicted molar refractivity (Wildman–Crippen MR) is 90.0 cm³/mol. The highest BCUT2D eigenvalue weighted by molar-refractivity contribution is 5.78. The van der Waals surface area contributed by atoms with Crippen molar-refractivity contribution in [3.63, 3.8) is 0 Å². The number of likely N-dealkylation sites (N-methyl/N-ethyl adjacent to an activating group) is 1. The minimum atomic E-state index is -0.573. The number of nitrogens with two attached hydrogens (primary N) is 1. The summed E-state index contributed by atoms with van der Waals surface area (Å²) in [6.45, 7) is 9.99. The van der Waals surface area contributed by atoms with E-state index in [-0.39, 0.29) is 5.56 Å². The van der Waals surface area contributed by atoms with E-state index in [1.165, 1.54) is 4.57 Å². The largest absolute Gasteiger partial charge is 0.368 e. The second-order valence-electron chi connectivity index (χ2n) is 6.42. The highest BCUT2D eigenvalue weighted by Crippen LogP contribution is 2.17. The van der Waals surface area contributed by atoms with Crippen LogP contribution in [0.2, 0.25) is 0 Å². The van der Waals surface area contributed by atoms with E-state index in [9.17, 15) is 9.59 Å². The van der Waals surface area contributed by atoms with Gasteiger partial charge in [0.1, 0.15) is 6.04 Å². The van der Waals surface area contributed by atoms with Gasteiger partial charge in [-0.05, 0) is 50.4 Å². The van der Waals surface area contributed by atoms with E-state index < -0.39 is 11.9 Å². The summed E-state index contributed by atoms with van der Waals surface area (Å²) in [4.78, 5) is 26.2. The summed E-state index contributed by atoms with van der Waals surface area (Å²) in [5.74, 6) is -0.156. The van der Waals surface area contributed by atoms with Crippen LogP contribution in [0, 0.1) is 12.8 Å². The molecular formula is C17H29N3O2. The molecule has 1 amide bonds. The number of hydrogen-bond donors (Lipinski definition) is 1. The lowest BCUT2D eigenvalue weighted by atomic mass is 10.0. The van der Waals surface area contributed by atoms with Crippen molar-refractivity contribution in [1.29, 1.82) is 0 Å². The first-order valence-electron chi connectivity index (χ1n) is 7.95. The first kappa shape index (κ1) is 18.4. The maximum Gasteiger partial charge on any atom is 0.251 e. The van der Waals surface area contributed by atoms with E-state index in [1.54, 1.807) is 6.07 Å². The number of aromatic nitrogens is 1. The van der Waals surface area contributed by atoms with Crippen molar-refractivity contribution in [3.8, 4) is 0 Å². The fourth-order valence-corrected chi connectivity index (χ4v) is 2.47. The van der Waals surface area contributed by atoms with Crippen LogP contribution in [0.1, 0.15) is 44.4 Å². The molecule has 1 atom stereocenters. The summed E-state index contributed by atoms with van der Waals surface area (Å²) >= 11 is 0. The zero-order chi connectivity index (χ0) is 16.9. The Hall–Kier alpha value is -1.62. The molecule has 1 heterocycles. The minimum absolute atomic E-state index is 0.158. The summed E-state index contributed by atoms with van der Waals surface area (Å²) in [5, 5.41) is 0. The van der Waals surface area contributed by atoms with E-state index in [0.29, 0.717) is 12.3 Å². The van der Waals surface area contributed by atoms with Crippen LogP contribution in [0.15, 0.2) is 17.1 Å². The SMILES string of the molecule is CCN(C)CCc1cn(C(CC(C)C)C(N)=O)c(=O)cc1C. The summed E-state index contributed by atoms with van der Waals surface area (Å²) < 4.78 is 1.51. The molecule has 0 aromatic carbocycles. The number of nitrogens with zero attached hydrogens (tertiary/aromatic N) is 2. The van der Waals surface area contributed by atoms with Gasteiger partial charge in [0.2, 0.25) is 5.91 Å². The van der Waals surface area contributed by atoms with Gasteiger partial charge in [-0.25, -0.2) is 0 Å². The molecule has 22 heavy (non-hydrogen) atoms. The van der Waals surface area contributed by atoms with Crippen molar-refractivity contribution in [2.75, 3.05) is 20.1 Å². The third-order valence-corrected chi connectivity index (χ3v) is 4.06. The Labute approximate surface area is 133 Å². The van der Waals surface area contributed by atoms with Crippen molar-refractivity contribution >= 4 is 5.91 Å². The number of rotatable bonds is 8. The van der Waals surface area contributed by atoms with E-state index in [2.05, 4.69) is 18.9 Å². The Kier molecular flexibility index (Phi) is 6.81.